The first-order valence-corrected chi connectivity index (χ1v) is 12.5. The number of likely N-dealkylation sites (N-methyl/N-ethyl adjacent to an activating group) is 1. The van der Waals surface area contributed by atoms with Crippen LogP contribution in [0.15, 0.2) is 79.1 Å². The topological polar surface area (TPSA) is 93.4 Å². The second-order valence-corrected chi connectivity index (χ2v) is 8.98. The fourth-order valence-electron chi connectivity index (χ4n) is 4.15. The number of amides is 1. The van der Waals surface area contributed by atoms with E-state index in [9.17, 15) is 4.79 Å². The monoisotopic (exact) mass is 516 g/mol. The number of aryl methyl sites for hydroxylation is 1. The number of hydrogen-bond donors (Lipinski definition) is 2. The van der Waals surface area contributed by atoms with Gasteiger partial charge in [-0.2, -0.15) is 0 Å². The van der Waals surface area contributed by atoms with Gasteiger partial charge >= 0.3 is 0 Å². The Kier molecular flexibility index (Phi) is 7.34. The van der Waals surface area contributed by atoms with E-state index in [0.717, 1.165) is 45.2 Å². The van der Waals surface area contributed by atoms with Gasteiger partial charge in [-0.1, -0.05) is 12.0 Å². The van der Waals surface area contributed by atoms with Gasteiger partial charge in [-0.05, 0) is 87.5 Å². The van der Waals surface area contributed by atoms with Gasteiger partial charge in [0.05, 0.1) is 30.2 Å². The van der Waals surface area contributed by atoms with Crippen LogP contribution in [0.5, 0.6) is 5.75 Å². The van der Waals surface area contributed by atoms with E-state index in [4.69, 9.17) is 14.7 Å². The molecule has 0 saturated carbocycles. The van der Waals surface area contributed by atoms with Gasteiger partial charge in [-0.25, -0.2) is 9.97 Å². The maximum absolute atomic E-state index is 12.5. The summed E-state index contributed by atoms with van der Waals surface area (Å²) >= 11 is 0. The molecule has 5 rings (SSSR count). The summed E-state index contributed by atoms with van der Waals surface area (Å²) in [5.74, 6) is 7.45. The molecule has 0 bridgehead atoms. The molecule has 4 heterocycles. The molecule has 39 heavy (non-hydrogen) atoms. The largest absolute Gasteiger partial charge is 0.497 e. The summed E-state index contributed by atoms with van der Waals surface area (Å²) in [6.45, 7) is 3.75. The van der Waals surface area contributed by atoms with Gasteiger partial charge in [0, 0.05) is 29.1 Å². The molecule has 0 aliphatic carbocycles. The Balaban J connectivity index is 1.52. The molecule has 1 amide bonds. The van der Waals surface area contributed by atoms with Gasteiger partial charge in [0.2, 0.25) is 5.91 Å². The van der Waals surface area contributed by atoms with Crippen molar-refractivity contribution in [1.29, 1.82) is 0 Å². The van der Waals surface area contributed by atoms with Crippen LogP contribution in [0.1, 0.15) is 23.9 Å². The minimum absolute atomic E-state index is 0.180. The number of nitrogens with zero attached hydrogens (tertiary/aromatic N) is 4. The summed E-state index contributed by atoms with van der Waals surface area (Å²) in [4.78, 5) is 26.5. The van der Waals surface area contributed by atoms with Crippen LogP contribution in [0.4, 0.5) is 5.82 Å². The summed E-state index contributed by atoms with van der Waals surface area (Å²) in [6.07, 6.45) is 3.71. The van der Waals surface area contributed by atoms with E-state index >= 15 is 0 Å². The van der Waals surface area contributed by atoms with E-state index < -0.39 is 0 Å². The summed E-state index contributed by atoms with van der Waals surface area (Å²) in [5, 5.41) is 5.80. The van der Waals surface area contributed by atoms with E-state index in [1.54, 1.807) is 33.3 Å². The number of benzene rings is 1. The molecule has 0 saturated heterocycles. The number of methoxy groups -OCH3 is 1. The van der Waals surface area contributed by atoms with E-state index in [1.165, 1.54) is 0 Å². The lowest BCUT2D eigenvalue weighted by Gasteiger charge is -2.12. The van der Waals surface area contributed by atoms with Crippen molar-refractivity contribution in [2.45, 2.75) is 19.9 Å². The molecule has 2 N–H and O–H groups in total. The second kappa shape index (κ2) is 11.2. The summed E-state index contributed by atoms with van der Waals surface area (Å²) in [6, 6.07) is 20.8. The Bertz CT molecular complexity index is 1700. The molecule has 4 aromatic heterocycles. The van der Waals surface area contributed by atoms with Crippen molar-refractivity contribution in [1.82, 2.24) is 24.7 Å². The zero-order chi connectivity index (χ0) is 27.4. The molecule has 1 aromatic carbocycles. The van der Waals surface area contributed by atoms with Crippen molar-refractivity contribution >= 4 is 17.4 Å². The predicted molar refractivity (Wildman–Crippen MR) is 153 cm³/mol. The van der Waals surface area contributed by atoms with Crippen LogP contribution in [-0.2, 0) is 4.79 Å². The Labute approximate surface area is 227 Å². The maximum Gasteiger partial charge on any atom is 0.242 e. The lowest BCUT2D eigenvalue weighted by Crippen LogP contribution is -2.35. The second-order valence-electron chi connectivity index (χ2n) is 8.98. The smallest absolute Gasteiger partial charge is 0.242 e. The third-order valence-corrected chi connectivity index (χ3v) is 6.41. The normalized spacial score (nSPS) is 11.5. The van der Waals surface area contributed by atoms with Crippen LogP contribution < -0.4 is 15.4 Å². The van der Waals surface area contributed by atoms with Gasteiger partial charge in [0.1, 0.15) is 22.9 Å². The third kappa shape index (κ3) is 5.49. The molecule has 5 aromatic rings. The van der Waals surface area contributed by atoms with Crippen molar-refractivity contribution in [3.05, 3.63) is 96.1 Å². The number of anilines is 1. The van der Waals surface area contributed by atoms with Gasteiger partial charge in [0.15, 0.2) is 0 Å². The van der Waals surface area contributed by atoms with Crippen LogP contribution in [0.3, 0.4) is 0 Å². The molecule has 0 spiro atoms. The quantitative estimate of drug-likeness (QED) is 0.317. The number of hydrogen-bond acceptors (Lipinski definition) is 6. The lowest BCUT2D eigenvalue weighted by molar-refractivity contribution is -0.117. The fourth-order valence-corrected chi connectivity index (χ4v) is 4.15. The van der Waals surface area contributed by atoms with Crippen LogP contribution in [-0.4, -0.2) is 45.5 Å². The van der Waals surface area contributed by atoms with Crippen molar-refractivity contribution in [2.24, 2.45) is 0 Å². The molecular weight excluding hydrogens is 488 g/mol. The number of ether oxygens (including phenoxy) is 1. The number of aromatic nitrogens is 4. The SMILES string of the molecule is CNC(C)C(=O)Nc1ccc(-c2c(C)nc3ccccn23)c(C#Cc2ccc(-c3ccc(OC)cc3)nc2)n1. The molecule has 0 fully saturated rings. The number of pyridine rings is 3. The number of carbonyl (C=O) groups is 1. The van der Waals surface area contributed by atoms with Crippen molar-refractivity contribution in [2.75, 3.05) is 19.5 Å². The average molecular weight is 517 g/mol. The van der Waals surface area contributed by atoms with E-state index in [1.807, 2.05) is 78.2 Å². The molecule has 1 atom stereocenters. The first-order chi connectivity index (χ1) is 19.0. The third-order valence-electron chi connectivity index (χ3n) is 6.41. The zero-order valence-corrected chi connectivity index (χ0v) is 22.2. The Morgan fingerprint density at radius 2 is 1.82 bits per heavy atom. The first-order valence-electron chi connectivity index (χ1n) is 12.5. The van der Waals surface area contributed by atoms with Gasteiger partial charge < -0.3 is 15.4 Å². The molecule has 8 nitrogen and oxygen atoms in total. The van der Waals surface area contributed by atoms with Crippen LogP contribution in [0.25, 0.3) is 28.2 Å². The number of rotatable bonds is 6. The van der Waals surface area contributed by atoms with Crippen molar-refractivity contribution in [3.63, 3.8) is 0 Å². The number of nitrogens with one attached hydrogen (secondary N) is 2. The van der Waals surface area contributed by atoms with Crippen molar-refractivity contribution < 1.29 is 9.53 Å². The number of imidazole rings is 1. The minimum Gasteiger partial charge on any atom is -0.497 e. The van der Waals surface area contributed by atoms with Crippen LogP contribution in [0.2, 0.25) is 0 Å². The maximum atomic E-state index is 12.5. The highest BCUT2D eigenvalue weighted by atomic mass is 16.5. The Morgan fingerprint density at radius 3 is 2.54 bits per heavy atom. The molecule has 0 aliphatic rings. The zero-order valence-electron chi connectivity index (χ0n) is 22.2. The van der Waals surface area contributed by atoms with Gasteiger partial charge in [0.25, 0.3) is 0 Å². The summed E-state index contributed by atoms with van der Waals surface area (Å²) in [5.41, 5.74) is 6.51. The molecule has 0 aliphatic heterocycles. The van der Waals surface area contributed by atoms with Crippen molar-refractivity contribution in [3.8, 4) is 40.1 Å². The fraction of sp³-hybridized carbons (Fsp3) is 0.161. The molecule has 0 radical (unpaired) electrons. The highest BCUT2D eigenvalue weighted by Gasteiger charge is 2.17. The average Bonchev–Trinajstić information content (AvgIpc) is 3.31. The van der Waals surface area contributed by atoms with Gasteiger partial charge in [-0.3, -0.25) is 14.2 Å². The highest BCUT2D eigenvalue weighted by Crippen LogP contribution is 2.28. The standard InChI is InChI=1S/C31H28N6O2/c1-20-30(37-18-6-5-7-29(37)34-20)25-14-17-28(36-31(38)21(2)32-3)35-27(25)16-9-22-8-15-26(33-19-22)23-10-12-24(39-4)13-11-23/h5-8,10-15,17-19,21,32H,1-4H3,(H,35,36,38). The minimum atomic E-state index is -0.364. The molecule has 1 unspecified atom stereocenters. The number of fused-ring (bicyclic) bond motifs is 1. The highest BCUT2D eigenvalue weighted by molar-refractivity contribution is 5.94. The summed E-state index contributed by atoms with van der Waals surface area (Å²) in [7, 11) is 3.38. The molecule has 8 heteroatoms. The Hall–Kier alpha value is -5.00. The van der Waals surface area contributed by atoms with Gasteiger partial charge in [-0.15, -0.1) is 0 Å². The van der Waals surface area contributed by atoms with Crippen LogP contribution >= 0.6 is 0 Å². The lowest BCUT2D eigenvalue weighted by atomic mass is 10.1. The predicted octanol–water partition coefficient (Wildman–Crippen LogP) is 4.72. The molecule has 194 valence electrons. The van der Waals surface area contributed by atoms with E-state index in [-0.39, 0.29) is 11.9 Å². The first kappa shape index (κ1) is 25.6. The van der Waals surface area contributed by atoms with E-state index in [2.05, 4.69) is 27.5 Å². The Morgan fingerprint density at radius 1 is 1.00 bits per heavy atom. The molecular formula is C31H28N6O2. The summed E-state index contributed by atoms with van der Waals surface area (Å²) < 4.78 is 7.25. The van der Waals surface area contributed by atoms with E-state index in [0.29, 0.717) is 11.5 Å². The number of carbonyl (C=O) groups excluding carboxylic acids is 1. The van der Waals surface area contributed by atoms with Crippen LogP contribution in [0, 0.1) is 18.8 Å².